The number of benzene rings is 3. The van der Waals surface area contributed by atoms with Gasteiger partial charge in [-0.25, -0.2) is 16.8 Å². The number of sulfonamides is 1. The van der Waals surface area contributed by atoms with Gasteiger partial charge in [0.1, 0.15) is 11.5 Å². The van der Waals surface area contributed by atoms with Gasteiger partial charge < -0.3 is 14.8 Å². The van der Waals surface area contributed by atoms with Crippen LogP contribution in [0.1, 0.15) is 12.0 Å². The monoisotopic (exact) mass is 518 g/mol. The van der Waals surface area contributed by atoms with Crippen molar-refractivity contribution in [3.8, 4) is 11.5 Å². The van der Waals surface area contributed by atoms with Gasteiger partial charge in [-0.3, -0.25) is 9.52 Å². The normalized spacial score (nSPS) is 11.5. The summed E-state index contributed by atoms with van der Waals surface area (Å²) >= 11 is 0. The molecular formula is C24H26N2O7S2. The van der Waals surface area contributed by atoms with Crippen molar-refractivity contribution in [2.75, 3.05) is 30.0 Å². The second-order valence-electron chi connectivity index (χ2n) is 7.63. The van der Waals surface area contributed by atoms with Gasteiger partial charge in [0.25, 0.3) is 10.0 Å². The van der Waals surface area contributed by atoms with Gasteiger partial charge in [-0.05, 0) is 55.5 Å². The van der Waals surface area contributed by atoms with E-state index in [2.05, 4.69) is 10.0 Å². The predicted octanol–water partition coefficient (Wildman–Crippen LogP) is 3.62. The van der Waals surface area contributed by atoms with Gasteiger partial charge >= 0.3 is 0 Å². The van der Waals surface area contributed by atoms with Crippen LogP contribution in [0, 0.1) is 6.92 Å². The van der Waals surface area contributed by atoms with Crippen LogP contribution >= 0.6 is 0 Å². The second kappa shape index (κ2) is 10.8. The quantitative estimate of drug-likeness (QED) is 0.420. The molecule has 0 unspecified atom stereocenters. The number of rotatable bonds is 10. The zero-order valence-electron chi connectivity index (χ0n) is 19.4. The Bertz CT molecular complexity index is 1400. The number of methoxy groups -OCH3 is 2. The number of nitrogens with one attached hydrogen (secondary N) is 2. The first-order valence-corrected chi connectivity index (χ1v) is 13.6. The fourth-order valence-electron chi connectivity index (χ4n) is 3.13. The van der Waals surface area contributed by atoms with E-state index in [0.29, 0.717) is 17.2 Å². The Morgan fingerprint density at radius 1 is 0.829 bits per heavy atom. The lowest BCUT2D eigenvalue weighted by atomic mass is 10.2. The zero-order valence-corrected chi connectivity index (χ0v) is 21.1. The number of carbonyl (C=O) groups is 1. The summed E-state index contributed by atoms with van der Waals surface area (Å²) in [7, 11) is -4.67. The van der Waals surface area contributed by atoms with Crippen LogP contribution in [0.15, 0.2) is 76.5 Å². The molecule has 186 valence electrons. The topological polar surface area (TPSA) is 128 Å². The standard InChI is InChI=1S/C24H26N2O7S2/c1-17-4-9-20(10-5-17)34(28,29)15-14-24(27)25-18-6-11-21(12-7-18)35(30,31)26-22-16-19(32-2)8-13-23(22)33-3/h4-13,16,26H,14-15H2,1-3H3,(H,25,27). The Morgan fingerprint density at radius 3 is 2.06 bits per heavy atom. The van der Waals surface area contributed by atoms with E-state index in [-0.39, 0.29) is 27.7 Å². The minimum Gasteiger partial charge on any atom is -0.497 e. The predicted molar refractivity (Wildman–Crippen MR) is 133 cm³/mol. The average molecular weight is 519 g/mol. The highest BCUT2D eigenvalue weighted by atomic mass is 32.2. The molecule has 3 aromatic carbocycles. The first-order valence-electron chi connectivity index (χ1n) is 10.5. The molecule has 2 N–H and O–H groups in total. The average Bonchev–Trinajstić information content (AvgIpc) is 2.83. The molecule has 0 aliphatic rings. The molecule has 0 aromatic heterocycles. The highest BCUT2D eigenvalue weighted by Crippen LogP contribution is 2.31. The molecule has 0 fully saturated rings. The molecule has 0 spiro atoms. The van der Waals surface area contributed by atoms with Gasteiger partial charge in [-0.2, -0.15) is 0 Å². The molecule has 0 saturated carbocycles. The third-order valence-corrected chi connectivity index (χ3v) is 8.19. The second-order valence-corrected chi connectivity index (χ2v) is 11.4. The van der Waals surface area contributed by atoms with Gasteiger partial charge in [0.05, 0.1) is 35.5 Å². The fourth-order valence-corrected chi connectivity index (χ4v) is 5.43. The molecule has 0 aliphatic carbocycles. The Kier molecular flexibility index (Phi) is 8.03. The van der Waals surface area contributed by atoms with Crippen LogP contribution in [0.3, 0.4) is 0 Å². The molecule has 0 bridgehead atoms. The molecule has 11 heteroatoms. The Hall–Kier alpha value is -3.57. The zero-order chi connectivity index (χ0) is 25.6. The van der Waals surface area contributed by atoms with Crippen LogP contribution in [0.2, 0.25) is 0 Å². The Balaban J connectivity index is 1.64. The van der Waals surface area contributed by atoms with E-state index in [9.17, 15) is 21.6 Å². The smallest absolute Gasteiger partial charge is 0.262 e. The summed E-state index contributed by atoms with van der Waals surface area (Å²) in [6, 6.07) is 16.6. The Morgan fingerprint density at radius 2 is 1.46 bits per heavy atom. The summed E-state index contributed by atoms with van der Waals surface area (Å²) in [6.07, 6.45) is -0.243. The van der Waals surface area contributed by atoms with E-state index in [1.807, 2.05) is 6.92 Å². The van der Waals surface area contributed by atoms with E-state index in [1.165, 1.54) is 56.7 Å². The summed E-state index contributed by atoms with van der Waals surface area (Å²) in [5.74, 6) is -0.0824. The summed E-state index contributed by atoms with van der Waals surface area (Å²) in [5.41, 5.74) is 1.48. The van der Waals surface area contributed by atoms with Crippen LogP contribution in [-0.2, 0) is 24.7 Å². The summed E-state index contributed by atoms with van der Waals surface area (Å²) in [4.78, 5) is 12.4. The van der Waals surface area contributed by atoms with Gasteiger partial charge in [0, 0.05) is 18.2 Å². The largest absolute Gasteiger partial charge is 0.497 e. The number of hydrogen-bond donors (Lipinski definition) is 2. The lowest BCUT2D eigenvalue weighted by Crippen LogP contribution is -2.18. The molecule has 0 atom stereocenters. The van der Waals surface area contributed by atoms with Crippen molar-refractivity contribution in [1.82, 2.24) is 0 Å². The van der Waals surface area contributed by atoms with Crippen molar-refractivity contribution in [1.29, 1.82) is 0 Å². The van der Waals surface area contributed by atoms with Crippen molar-refractivity contribution in [2.45, 2.75) is 23.1 Å². The van der Waals surface area contributed by atoms with E-state index < -0.39 is 25.8 Å². The van der Waals surface area contributed by atoms with E-state index in [0.717, 1.165) is 5.56 Å². The highest BCUT2D eigenvalue weighted by molar-refractivity contribution is 7.92. The lowest BCUT2D eigenvalue weighted by molar-refractivity contribution is -0.115. The minimum absolute atomic E-state index is 0.0395. The maximum absolute atomic E-state index is 12.8. The van der Waals surface area contributed by atoms with Crippen molar-refractivity contribution in [3.05, 3.63) is 72.3 Å². The molecular weight excluding hydrogens is 492 g/mol. The van der Waals surface area contributed by atoms with Crippen LogP contribution in [-0.4, -0.2) is 42.7 Å². The Labute approximate surface area is 205 Å². The van der Waals surface area contributed by atoms with Crippen LogP contribution < -0.4 is 19.5 Å². The number of ether oxygens (including phenoxy) is 2. The maximum atomic E-state index is 12.8. The molecule has 3 aromatic rings. The van der Waals surface area contributed by atoms with Crippen molar-refractivity contribution in [2.24, 2.45) is 0 Å². The number of hydrogen-bond acceptors (Lipinski definition) is 7. The number of carbonyl (C=O) groups excluding carboxylic acids is 1. The molecule has 0 aliphatic heterocycles. The van der Waals surface area contributed by atoms with Crippen LogP contribution in [0.4, 0.5) is 11.4 Å². The molecule has 3 rings (SSSR count). The molecule has 0 saturated heterocycles. The molecule has 0 radical (unpaired) electrons. The molecule has 1 amide bonds. The van der Waals surface area contributed by atoms with Crippen molar-refractivity contribution in [3.63, 3.8) is 0 Å². The number of anilines is 2. The van der Waals surface area contributed by atoms with Gasteiger partial charge in [0.2, 0.25) is 5.91 Å². The van der Waals surface area contributed by atoms with E-state index in [4.69, 9.17) is 9.47 Å². The first-order chi connectivity index (χ1) is 16.5. The number of amides is 1. The van der Waals surface area contributed by atoms with Crippen molar-refractivity contribution >= 4 is 37.1 Å². The number of sulfone groups is 1. The number of aryl methyl sites for hydroxylation is 1. The molecule has 35 heavy (non-hydrogen) atoms. The summed E-state index contributed by atoms with van der Waals surface area (Å²) < 4.78 is 63.2. The third kappa shape index (κ3) is 6.74. The van der Waals surface area contributed by atoms with E-state index >= 15 is 0 Å². The third-order valence-electron chi connectivity index (χ3n) is 5.08. The summed E-state index contributed by atoms with van der Waals surface area (Å²) in [5, 5.41) is 2.58. The SMILES string of the molecule is COc1ccc(OC)c(NS(=O)(=O)c2ccc(NC(=O)CCS(=O)(=O)c3ccc(C)cc3)cc2)c1. The van der Waals surface area contributed by atoms with Gasteiger partial charge in [-0.15, -0.1) is 0 Å². The lowest BCUT2D eigenvalue weighted by Gasteiger charge is -2.13. The molecule has 9 nitrogen and oxygen atoms in total. The minimum atomic E-state index is -3.96. The maximum Gasteiger partial charge on any atom is 0.262 e. The van der Waals surface area contributed by atoms with Gasteiger partial charge in [0.15, 0.2) is 9.84 Å². The molecule has 0 heterocycles. The summed E-state index contributed by atoms with van der Waals surface area (Å²) in [6.45, 7) is 1.85. The van der Waals surface area contributed by atoms with Crippen LogP contribution in [0.5, 0.6) is 11.5 Å². The van der Waals surface area contributed by atoms with Gasteiger partial charge in [-0.1, -0.05) is 17.7 Å². The highest BCUT2D eigenvalue weighted by Gasteiger charge is 2.19. The first kappa shape index (κ1) is 26.0. The fraction of sp³-hybridized carbons (Fsp3) is 0.208. The van der Waals surface area contributed by atoms with E-state index in [1.54, 1.807) is 24.3 Å². The van der Waals surface area contributed by atoms with Crippen molar-refractivity contribution < 1.29 is 31.1 Å². The van der Waals surface area contributed by atoms with Crippen LogP contribution in [0.25, 0.3) is 0 Å².